The van der Waals surface area contributed by atoms with E-state index in [1.165, 1.54) is 20.0 Å². The number of methoxy groups -OCH3 is 1. The van der Waals surface area contributed by atoms with E-state index in [2.05, 4.69) is 6.92 Å². The molecule has 0 aromatic rings. The molecule has 1 heterocycles. The van der Waals surface area contributed by atoms with Gasteiger partial charge >= 0.3 is 5.97 Å². The predicted octanol–water partition coefficient (Wildman–Crippen LogP) is 3.15. The van der Waals surface area contributed by atoms with Crippen LogP contribution in [0.1, 0.15) is 64.7 Å². The Balaban J connectivity index is 1.77. The van der Waals surface area contributed by atoms with Crippen molar-refractivity contribution in [3.63, 3.8) is 0 Å². The first-order chi connectivity index (χ1) is 10.6. The van der Waals surface area contributed by atoms with Crippen molar-refractivity contribution >= 4 is 11.9 Å². The third-order valence-electron chi connectivity index (χ3n) is 6.18. The molecule has 3 atom stereocenters. The second-order valence-corrected chi connectivity index (χ2v) is 7.59. The highest BCUT2D eigenvalue weighted by Gasteiger charge is 2.49. The Hall–Kier alpha value is -1.06. The molecule has 2 saturated carbocycles. The molecule has 3 fully saturated rings. The summed E-state index contributed by atoms with van der Waals surface area (Å²) in [5.74, 6) is 1.39. The molecule has 0 aromatic heterocycles. The standard InChI is InChI=1S/C18H29NO3/c1-12-7-9-13(10-8-12)17(20)19-15-6-4-3-5-14(15)11-16(19)18(21)22-2/h12-16H,3-11H2,1-2H3. The van der Waals surface area contributed by atoms with Gasteiger partial charge in [-0.3, -0.25) is 4.79 Å². The average Bonchev–Trinajstić information content (AvgIpc) is 2.93. The molecular weight excluding hydrogens is 278 g/mol. The normalized spacial score (nSPS) is 38.5. The van der Waals surface area contributed by atoms with Crippen LogP contribution in [0.3, 0.4) is 0 Å². The number of esters is 1. The van der Waals surface area contributed by atoms with Gasteiger partial charge in [0, 0.05) is 12.0 Å². The second-order valence-electron chi connectivity index (χ2n) is 7.59. The number of likely N-dealkylation sites (tertiary alicyclic amines) is 1. The van der Waals surface area contributed by atoms with Crippen molar-refractivity contribution in [3.8, 4) is 0 Å². The summed E-state index contributed by atoms with van der Waals surface area (Å²) in [6, 6.07) is -0.0466. The zero-order valence-electron chi connectivity index (χ0n) is 13.9. The van der Waals surface area contributed by atoms with Crippen LogP contribution in [0.15, 0.2) is 0 Å². The number of rotatable bonds is 2. The summed E-state index contributed by atoms with van der Waals surface area (Å²) in [6.07, 6.45) is 9.70. The summed E-state index contributed by atoms with van der Waals surface area (Å²) in [6.45, 7) is 2.27. The number of carbonyl (C=O) groups is 2. The third-order valence-corrected chi connectivity index (χ3v) is 6.18. The molecule has 2 aliphatic carbocycles. The van der Waals surface area contributed by atoms with Crippen molar-refractivity contribution in [1.82, 2.24) is 4.90 Å². The smallest absolute Gasteiger partial charge is 0.328 e. The molecule has 0 spiro atoms. The van der Waals surface area contributed by atoms with Crippen molar-refractivity contribution in [2.24, 2.45) is 17.8 Å². The highest BCUT2D eigenvalue weighted by molar-refractivity contribution is 5.87. The van der Waals surface area contributed by atoms with Gasteiger partial charge in [-0.15, -0.1) is 0 Å². The molecule has 4 nitrogen and oxygen atoms in total. The average molecular weight is 307 g/mol. The Bertz CT molecular complexity index is 428. The Kier molecular flexibility index (Phi) is 4.74. The maximum Gasteiger partial charge on any atom is 0.328 e. The van der Waals surface area contributed by atoms with Gasteiger partial charge in [-0.2, -0.15) is 0 Å². The molecule has 124 valence electrons. The molecule has 22 heavy (non-hydrogen) atoms. The van der Waals surface area contributed by atoms with Crippen LogP contribution in [0.4, 0.5) is 0 Å². The minimum absolute atomic E-state index is 0.129. The first kappa shape index (κ1) is 15.8. The van der Waals surface area contributed by atoms with E-state index in [-0.39, 0.29) is 29.9 Å². The fourth-order valence-electron chi connectivity index (χ4n) is 4.84. The first-order valence-corrected chi connectivity index (χ1v) is 9.01. The van der Waals surface area contributed by atoms with Crippen molar-refractivity contribution < 1.29 is 14.3 Å². The highest BCUT2D eigenvalue weighted by Crippen LogP contribution is 2.42. The van der Waals surface area contributed by atoms with Gasteiger partial charge in [0.1, 0.15) is 6.04 Å². The maximum absolute atomic E-state index is 13.1. The summed E-state index contributed by atoms with van der Waals surface area (Å²) in [5, 5.41) is 0. The lowest BCUT2D eigenvalue weighted by Gasteiger charge is -2.37. The van der Waals surface area contributed by atoms with Crippen LogP contribution in [0.25, 0.3) is 0 Å². The molecule has 3 aliphatic rings. The number of fused-ring (bicyclic) bond motifs is 1. The number of hydrogen-bond acceptors (Lipinski definition) is 3. The van der Waals surface area contributed by atoms with E-state index >= 15 is 0 Å². The van der Waals surface area contributed by atoms with E-state index < -0.39 is 0 Å². The van der Waals surface area contributed by atoms with Crippen molar-refractivity contribution in [2.75, 3.05) is 7.11 Å². The third kappa shape index (κ3) is 2.89. The highest BCUT2D eigenvalue weighted by atomic mass is 16.5. The summed E-state index contributed by atoms with van der Waals surface area (Å²) in [4.78, 5) is 27.3. The first-order valence-electron chi connectivity index (χ1n) is 9.01. The van der Waals surface area contributed by atoms with Crippen LogP contribution < -0.4 is 0 Å². The topological polar surface area (TPSA) is 46.6 Å². The van der Waals surface area contributed by atoms with Gasteiger partial charge in [0.25, 0.3) is 0 Å². The van der Waals surface area contributed by atoms with Gasteiger partial charge in [-0.05, 0) is 56.8 Å². The number of ether oxygens (including phenoxy) is 1. The van der Waals surface area contributed by atoms with Gasteiger partial charge < -0.3 is 9.64 Å². The minimum atomic E-state index is -0.329. The molecule has 4 heteroatoms. The second kappa shape index (κ2) is 6.59. The lowest BCUT2D eigenvalue weighted by atomic mass is 9.81. The van der Waals surface area contributed by atoms with Crippen LogP contribution in [0.5, 0.6) is 0 Å². The molecule has 3 rings (SSSR count). The van der Waals surface area contributed by atoms with Crippen LogP contribution in [0, 0.1) is 17.8 Å². The summed E-state index contributed by atoms with van der Waals surface area (Å²) in [7, 11) is 1.44. The lowest BCUT2D eigenvalue weighted by molar-refractivity contribution is -0.154. The van der Waals surface area contributed by atoms with E-state index in [0.717, 1.165) is 50.9 Å². The summed E-state index contributed by atoms with van der Waals surface area (Å²) < 4.78 is 4.99. The van der Waals surface area contributed by atoms with Crippen LogP contribution in [-0.4, -0.2) is 36.0 Å². The monoisotopic (exact) mass is 307 g/mol. The molecule has 0 radical (unpaired) electrons. The fraction of sp³-hybridized carbons (Fsp3) is 0.889. The number of amides is 1. The zero-order valence-corrected chi connectivity index (χ0v) is 13.9. The zero-order chi connectivity index (χ0) is 15.7. The van der Waals surface area contributed by atoms with Crippen LogP contribution in [-0.2, 0) is 14.3 Å². The molecule has 1 saturated heterocycles. The number of hydrogen-bond donors (Lipinski definition) is 0. The van der Waals surface area contributed by atoms with E-state index in [9.17, 15) is 9.59 Å². The van der Waals surface area contributed by atoms with Crippen LogP contribution in [0.2, 0.25) is 0 Å². The van der Waals surface area contributed by atoms with Gasteiger partial charge in [0.05, 0.1) is 7.11 Å². The SMILES string of the molecule is COC(=O)C1CC2CCCCC2N1C(=O)C1CCC(C)CC1. The van der Waals surface area contributed by atoms with Gasteiger partial charge in [0.15, 0.2) is 0 Å². The Morgan fingerprint density at radius 2 is 1.68 bits per heavy atom. The number of carbonyl (C=O) groups excluding carboxylic acids is 2. The molecule has 1 amide bonds. The Labute approximate surface area is 133 Å². The van der Waals surface area contributed by atoms with Gasteiger partial charge in [-0.1, -0.05) is 19.8 Å². The van der Waals surface area contributed by atoms with Gasteiger partial charge in [0.2, 0.25) is 5.91 Å². The quantitative estimate of drug-likeness (QED) is 0.736. The fourth-order valence-corrected chi connectivity index (χ4v) is 4.84. The summed E-state index contributed by atoms with van der Waals surface area (Å²) in [5.41, 5.74) is 0. The van der Waals surface area contributed by atoms with E-state index in [1.54, 1.807) is 0 Å². The molecule has 0 aromatic carbocycles. The minimum Gasteiger partial charge on any atom is -0.467 e. The Morgan fingerprint density at radius 3 is 2.36 bits per heavy atom. The molecular formula is C18H29NO3. The summed E-state index contributed by atoms with van der Waals surface area (Å²) >= 11 is 0. The van der Waals surface area contributed by atoms with Crippen molar-refractivity contribution in [3.05, 3.63) is 0 Å². The van der Waals surface area contributed by atoms with E-state index in [1.807, 2.05) is 4.90 Å². The maximum atomic E-state index is 13.1. The van der Waals surface area contributed by atoms with Gasteiger partial charge in [-0.25, -0.2) is 4.79 Å². The molecule has 0 N–H and O–H groups in total. The Morgan fingerprint density at radius 1 is 1.00 bits per heavy atom. The van der Waals surface area contributed by atoms with Crippen LogP contribution >= 0.6 is 0 Å². The lowest BCUT2D eigenvalue weighted by Crippen LogP contribution is -2.49. The largest absolute Gasteiger partial charge is 0.467 e. The van der Waals surface area contributed by atoms with Crippen molar-refractivity contribution in [2.45, 2.75) is 76.8 Å². The van der Waals surface area contributed by atoms with Crippen molar-refractivity contribution in [1.29, 1.82) is 0 Å². The van der Waals surface area contributed by atoms with E-state index in [0.29, 0.717) is 5.92 Å². The van der Waals surface area contributed by atoms with E-state index in [4.69, 9.17) is 4.74 Å². The molecule has 1 aliphatic heterocycles. The molecule has 3 unspecified atom stereocenters. The predicted molar refractivity (Wildman–Crippen MR) is 84.1 cm³/mol. The molecule has 0 bridgehead atoms. The number of nitrogens with zero attached hydrogens (tertiary/aromatic N) is 1.